The minimum Gasteiger partial charge on any atom is -0.382 e. The van der Waals surface area contributed by atoms with Crippen molar-refractivity contribution in [3.63, 3.8) is 0 Å². The van der Waals surface area contributed by atoms with Crippen molar-refractivity contribution in [1.29, 1.82) is 0 Å². The second-order valence-electron chi connectivity index (χ2n) is 5.68. The molecule has 1 atom stereocenters. The minimum atomic E-state index is -3.65. The Morgan fingerprint density at radius 1 is 1.37 bits per heavy atom. The van der Waals surface area contributed by atoms with Gasteiger partial charge in [0.15, 0.2) is 0 Å². The Morgan fingerprint density at radius 3 is 2.53 bits per heavy atom. The van der Waals surface area contributed by atoms with Gasteiger partial charge in [0.05, 0.1) is 4.90 Å². The summed E-state index contributed by atoms with van der Waals surface area (Å²) in [5, 5.41) is 8.63. The Balaban J connectivity index is 2.25. The molecule has 1 aliphatic rings. The van der Waals surface area contributed by atoms with Crippen LogP contribution in [0, 0.1) is 19.8 Å². The van der Waals surface area contributed by atoms with Crippen molar-refractivity contribution in [3.05, 3.63) is 23.3 Å². The number of benzene rings is 1. The quantitative estimate of drug-likeness (QED) is 0.871. The molecule has 1 aliphatic carbocycles. The summed E-state index contributed by atoms with van der Waals surface area (Å²) < 4.78 is 22.9. The first kappa shape index (κ1) is 14.3. The SMILES string of the molecule is Cc1cc(S(N)(=O)=O)cc(NC(C)CC2CC2)c1C. The molecule has 4 nitrogen and oxygen atoms in total. The summed E-state index contributed by atoms with van der Waals surface area (Å²) in [4.78, 5) is 0.178. The van der Waals surface area contributed by atoms with Crippen LogP contribution in [0.5, 0.6) is 0 Å². The van der Waals surface area contributed by atoms with E-state index in [1.54, 1.807) is 12.1 Å². The molecule has 1 aromatic carbocycles. The molecular weight excluding hydrogens is 260 g/mol. The molecule has 0 aromatic heterocycles. The highest BCUT2D eigenvalue weighted by atomic mass is 32.2. The van der Waals surface area contributed by atoms with E-state index in [0.717, 1.165) is 29.2 Å². The number of nitrogens with one attached hydrogen (secondary N) is 1. The van der Waals surface area contributed by atoms with Gasteiger partial charge in [-0.1, -0.05) is 12.8 Å². The predicted octanol–water partition coefficient (Wildman–Crippen LogP) is 2.55. The number of hydrogen-bond donors (Lipinski definition) is 2. The van der Waals surface area contributed by atoms with E-state index < -0.39 is 10.0 Å². The van der Waals surface area contributed by atoms with E-state index in [1.165, 1.54) is 12.8 Å². The van der Waals surface area contributed by atoms with E-state index in [9.17, 15) is 8.42 Å². The fourth-order valence-corrected chi connectivity index (χ4v) is 2.94. The third kappa shape index (κ3) is 3.70. The van der Waals surface area contributed by atoms with Crippen molar-refractivity contribution in [2.24, 2.45) is 11.1 Å². The first-order valence-electron chi connectivity index (χ1n) is 6.68. The smallest absolute Gasteiger partial charge is 0.238 e. The van der Waals surface area contributed by atoms with Gasteiger partial charge in [-0.15, -0.1) is 0 Å². The normalized spacial score (nSPS) is 17.3. The zero-order valence-electron chi connectivity index (χ0n) is 11.7. The van der Waals surface area contributed by atoms with Crippen LogP contribution in [0.4, 0.5) is 5.69 Å². The number of anilines is 1. The van der Waals surface area contributed by atoms with Crippen molar-refractivity contribution < 1.29 is 8.42 Å². The lowest BCUT2D eigenvalue weighted by molar-refractivity contribution is 0.597. The summed E-state index contributed by atoms with van der Waals surface area (Å²) >= 11 is 0. The lowest BCUT2D eigenvalue weighted by atomic mass is 10.1. The topological polar surface area (TPSA) is 72.2 Å². The van der Waals surface area contributed by atoms with Crippen LogP contribution < -0.4 is 10.5 Å². The monoisotopic (exact) mass is 282 g/mol. The molecule has 1 saturated carbocycles. The Bertz CT molecular complexity index is 577. The number of sulfonamides is 1. The van der Waals surface area contributed by atoms with Crippen LogP contribution in [0.15, 0.2) is 17.0 Å². The fourth-order valence-electron chi connectivity index (χ4n) is 2.32. The van der Waals surface area contributed by atoms with Gasteiger partial charge in [0.2, 0.25) is 10.0 Å². The van der Waals surface area contributed by atoms with Crippen LogP contribution in [0.25, 0.3) is 0 Å². The van der Waals surface area contributed by atoms with Gasteiger partial charge < -0.3 is 5.32 Å². The summed E-state index contributed by atoms with van der Waals surface area (Å²) in [5.41, 5.74) is 2.89. The van der Waals surface area contributed by atoms with E-state index in [1.807, 2.05) is 13.8 Å². The number of nitrogens with two attached hydrogens (primary N) is 1. The van der Waals surface area contributed by atoms with Crippen LogP contribution in [-0.4, -0.2) is 14.5 Å². The number of aryl methyl sites for hydroxylation is 1. The van der Waals surface area contributed by atoms with Crippen LogP contribution in [0.2, 0.25) is 0 Å². The zero-order chi connectivity index (χ0) is 14.2. The summed E-state index contributed by atoms with van der Waals surface area (Å²) in [7, 11) is -3.65. The Morgan fingerprint density at radius 2 is 2.00 bits per heavy atom. The average Bonchev–Trinajstić information content (AvgIpc) is 3.06. The molecule has 0 radical (unpaired) electrons. The summed E-state index contributed by atoms with van der Waals surface area (Å²) in [6, 6.07) is 3.61. The third-order valence-electron chi connectivity index (χ3n) is 3.76. The second kappa shape index (κ2) is 5.13. The Hall–Kier alpha value is -1.07. The van der Waals surface area contributed by atoms with E-state index >= 15 is 0 Å². The van der Waals surface area contributed by atoms with Crippen molar-refractivity contribution >= 4 is 15.7 Å². The second-order valence-corrected chi connectivity index (χ2v) is 7.24. The maximum absolute atomic E-state index is 11.5. The number of primary sulfonamides is 1. The van der Waals surface area contributed by atoms with Gasteiger partial charge in [-0.2, -0.15) is 0 Å². The molecule has 1 aromatic rings. The number of hydrogen-bond acceptors (Lipinski definition) is 3. The molecule has 106 valence electrons. The molecule has 0 spiro atoms. The van der Waals surface area contributed by atoms with E-state index in [-0.39, 0.29) is 4.90 Å². The van der Waals surface area contributed by atoms with Crippen molar-refractivity contribution in [1.82, 2.24) is 0 Å². The molecule has 5 heteroatoms. The highest BCUT2D eigenvalue weighted by Crippen LogP contribution is 2.34. The minimum absolute atomic E-state index is 0.178. The highest BCUT2D eigenvalue weighted by molar-refractivity contribution is 7.89. The highest BCUT2D eigenvalue weighted by Gasteiger charge is 2.24. The van der Waals surface area contributed by atoms with Crippen LogP contribution in [0.3, 0.4) is 0 Å². The van der Waals surface area contributed by atoms with Crippen molar-refractivity contribution in [2.45, 2.75) is 51.0 Å². The molecule has 1 fully saturated rings. The van der Waals surface area contributed by atoms with Gasteiger partial charge in [0.25, 0.3) is 0 Å². The lowest BCUT2D eigenvalue weighted by Gasteiger charge is -2.19. The molecule has 2 rings (SSSR count). The first-order valence-corrected chi connectivity index (χ1v) is 8.22. The standard InChI is InChI=1S/C14H22N2O2S/c1-9-6-13(19(15,17)18)8-14(11(9)3)16-10(2)7-12-4-5-12/h6,8,10,12,16H,4-5,7H2,1-3H3,(H2,15,17,18). The zero-order valence-corrected chi connectivity index (χ0v) is 12.5. The Kier molecular flexibility index (Phi) is 3.87. The fraction of sp³-hybridized carbons (Fsp3) is 0.571. The van der Waals surface area contributed by atoms with Gasteiger partial charge in [-0.05, 0) is 56.4 Å². The summed E-state index contributed by atoms with van der Waals surface area (Å²) in [5.74, 6) is 0.838. The molecule has 0 aliphatic heterocycles. The Labute approximate surface area is 115 Å². The maximum atomic E-state index is 11.5. The van der Waals surface area contributed by atoms with Gasteiger partial charge in [-0.25, -0.2) is 13.6 Å². The molecule has 3 N–H and O–H groups in total. The molecular formula is C14H22N2O2S. The van der Waals surface area contributed by atoms with Crippen LogP contribution >= 0.6 is 0 Å². The molecule has 1 unspecified atom stereocenters. The summed E-state index contributed by atoms with van der Waals surface area (Å²) in [6.45, 7) is 6.03. The molecule has 0 bridgehead atoms. The largest absolute Gasteiger partial charge is 0.382 e. The first-order chi connectivity index (χ1) is 8.77. The molecule has 0 saturated heterocycles. The molecule has 0 heterocycles. The average molecular weight is 282 g/mol. The van der Waals surface area contributed by atoms with Gasteiger partial charge in [-0.3, -0.25) is 0 Å². The van der Waals surface area contributed by atoms with E-state index in [2.05, 4.69) is 12.2 Å². The van der Waals surface area contributed by atoms with Gasteiger partial charge >= 0.3 is 0 Å². The van der Waals surface area contributed by atoms with Crippen LogP contribution in [-0.2, 0) is 10.0 Å². The number of rotatable bonds is 5. The third-order valence-corrected chi connectivity index (χ3v) is 4.65. The van der Waals surface area contributed by atoms with Gasteiger partial charge in [0, 0.05) is 11.7 Å². The lowest BCUT2D eigenvalue weighted by Crippen LogP contribution is -2.18. The van der Waals surface area contributed by atoms with Crippen molar-refractivity contribution in [2.75, 3.05) is 5.32 Å². The molecule has 0 amide bonds. The maximum Gasteiger partial charge on any atom is 0.238 e. The van der Waals surface area contributed by atoms with E-state index in [4.69, 9.17) is 5.14 Å². The van der Waals surface area contributed by atoms with Crippen LogP contribution in [0.1, 0.15) is 37.3 Å². The molecule has 19 heavy (non-hydrogen) atoms. The van der Waals surface area contributed by atoms with E-state index in [0.29, 0.717) is 6.04 Å². The summed E-state index contributed by atoms with van der Waals surface area (Å²) in [6.07, 6.45) is 3.78. The van der Waals surface area contributed by atoms with Gasteiger partial charge in [0.1, 0.15) is 0 Å². The predicted molar refractivity (Wildman–Crippen MR) is 77.7 cm³/mol. The van der Waals surface area contributed by atoms with Crippen molar-refractivity contribution in [3.8, 4) is 0 Å².